The number of phenolic OH excluding ortho intramolecular Hbond substituents is 1. The van der Waals surface area contributed by atoms with Gasteiger partial charge in [-0.3, -0.25) is 4.99 Å². The van der Waals surface area contributed by atoms with Gasteiger partial charge in [-0.2, -0.15) is 0 Å². The number of benzene rings is 1. The maximum absolute atomic E-state index is 10.6. The summed E-state index contributed by atoms with van der Waals surface area (Å²) in [6.07, 6.45) is 3.36. The molecule has 92 valence electrons. The highest BCUT2D eigenvalue weighted by Crippen LogP contribution is 2.17. The van der Waals surface area contributed by atoms with E-state index in [9.17, 15) is 9.90 Å². The molecule has 0 saturated heterocycles. The molecule has 4 heteroatoms. The summed E-state index contributed by atoms with van der Waals surface area (Å²) in [7, 11) is 0. The molecule has 0 aliphatic rings. The average molecular weight is 235 g/mol. The number of carboxylic acids is 1. The third-order valence-corrected chi connectivity index (χ3v) is 2.43. The van der Waals surface area contributed by atoms with Crippen molar-refractivity contribution in [3.8, 4) is 5.75 Å². The monoisotopic (exact) mass is 235 g/mol. The second-order valence-electron chi connectivity index (χ2n) is 3.94. The molecule has 0 aliphatic heterocycles. The molecule has 0 amide bonds. The van der Waals surface area contributed by atoms with Crippen LogP contribution in [0.1, 0.15) is 31.4 Å². The lowest BCUT2D eigenvalue weighted by Gasteiger charge is -2.04. The zero-order valence-corrected chi connectivity index (χ0v) is 10.1. The van der Waals surface area contributed by atoms with Gasteiger partial charge in [-0.15, -0.1) is 0 Å². The van der Waals surface area contributed by atoms with Crippen LogP contribution in [0.5, 0.6) is 5.75 Å². The molecule has 0 spiro atoms. The summed E-state index contributed by atoms with van der Waals surface area (Å²) < 4.78 is 0. The van der Waals surface area contributed by atoms with E-state index < -0.39 is 12.0 Å². The van der Waals surface area contributed by atoms with Crippen molar-refractivity contribution >= 4 is 12.2 Å². The summed E-state index contributed by atoms with van der Waals surface area (Å²) in [6, 6.07) is 4.50. The fourth-order valence-corrected chi connectivity index (χ4v) is 1.41. The lowest BCUT2D eigenvalue weighted by Crippen LogP contribution is -2.13. The minimum absolute atomic E-state index is 0.117. The first-order chi connectivity index (χ1) is 8.04. The summed E-state index contributed by atoms with van der Waals surface area (Å²) in [4.78, 5) is 14.5. The van der Waals surface area contributed by atoms with E-state index in [1.54, 1.807) is 6.07 Å². The van der Waals surface area contributed by atoms with Crippen molar-refractivity contribution in [2.24, 2.45) is 4.99 Å². The van der Waals surface area contributed by atoms with Gasteiger partial charge in [0, 0.05) is 11.8 Å². The van der Waals surface area contributed by atoms with Crippen molar-refractivity contribution < 1.29 is 15.0 Å². The zero-order chi connectivity index (χ0) is 12.8. The van der Waals surface area contributed by atoms with E-state index in [2.05, 4.69) is 11.9 Å². The van der Waals surface area contributed by atoms with Gasteiger partial charge in [0.25, 0.3) is 0 Å². The molecule has 0 aliphatic carbocycles. The minimum atomic E-state index is -0.981. The first-order valence-corrected chi connectivity index (χ1v) is 5.62. The Morgan fingerprint density at radius 3 is 2.82 bits per heavy atom. The molecule has 4 nitrogen and oxygen atoms in total. The summed E-state index contributed by atoms with van der Waals surface area (Å²) in [5.74, 6) is -0.864. The minimum Gasteiger partial charge on any atom is -0.507 e. The summed E-state index contributed by atoms with van der Waals surface area (Å²) in [5.41, 5.74) is 1.67. The third-order valence-electron chi connectivity index (χ3n) is 2.43. The molecule has 1 atom stereocenters. The zero-order valence-electron chi connectivity index (χ0n) is 10.1. The highest BCUT2D eigenvalue weighted by molar-refractivity contribution is 5.86. The Morgan fingerprint density at radius 2 is 2.24 bits per heavy atom. The van der Waals surface area contributed by atoms with Gasteiger partial charge < -0.3 is 10.2 Å². The topological polar surface area (TPSA) is 69.9 Å². The van der Waals surface area contributed by atoms with Crippen LogP contribution in [0.3, 0.4) is 0 Å². The van der Waals surface area contributed by atoms with Crippen molar-refractivity contribution in [1.82, 2.24) is 0 Å². The molecule has 0 bridgehead atoms. The predicted molar refractivity (Wildman–Crippen MR) is 66.8 cm³/mol. The van der Waals surface area contributed by atoms with Crippen LogP contribution in [-0.2, 0) is 11.2 Å². The average Bonchev–Trinajstić information content (AvgIpc) is 2.29. The molecule has 1 aromatic carbocycles. The quantitative estimate of drug-likeness (QED) is 0.769. The molecule has 1 unspecified atom stereocenters. The first kappa shape index (κ1) is 13.2. The summed E-state index contributed by atoms with van der Waals surface area (Å²) in [6.45, 7) is 3.57. The number of phenols is 1. The second-order valence-corrected chi connectivity index (χ2v) is 3.94. The van der Waals surface area contributed by atoms with E-state index in [0.29, 0.717) is 5.56 Å². The molecule has 1 rings (SSSR count). The number of aromatic hydroxyl groups is 1. The molecule has 0 fully saturated rings. The van der Waals surface area contributed by atoms with Crippen molar-refractivity contribution in [1.29, 1.82) is 0 Å². The Balaban J connectivity index is 2.89. The van der Waals surface area contributed by atoms with Crippen LogP contribution in [0.2, 0.25) is 0 Å². The lowest BCUT2D eigenvalue weighted by atomic mass is 10.1. The fourth-order valence-electron chi connectivity index (χ4n) is 1.41. The van der Waals surface area contributed by atoms with Gasteiger partial charge in [-0.25, -0.2) is 4.79 Å². The van der Waals surface area contributed by atoms with Gasteiger partial charge >= 0.3 is 5.97 Å². The van der Waals surface area contributed by atoms with Crippen molar-refractivity contribution in [2.45, 2.75) is 32.7 Å². The number of carboxylic acid groups (broad SMARTS) is 1. The highest BCUT2D eigenvalue weighted by Gasteiger charge is 2.07. The van der Waals surface area contributed by atoms with Crippen LogP contribution in [-0.4, -0.2) is 28.4 Å². The van der Waals surface area contributed by atoms with Crippen LogP contribution in [0, 0.1) is 0 Å². The molecule has 1 aromatic rings. The second kappa shape index (κ2) is 6.03. The number of carbonyl (C=O) groups is 1. The van der Waals surface area contributed by atoms with Crippen molar-refractivity contribution in [3.63, 3.8) is 0 Å². The van der Waals surface area contributed by atoms with Gasteiger partial charge in [0.05, 0.1) is 0 Å². The molecule has 0 heterocycles. The number of nitrogens with zero attached hydrogens (tertiary/aromatic N) is 1. The van der Waals surface area contributed by atoms with Crippen molar-refractivity contribution in [2.75, 3.05) is 0 Å². The molecular formula is C13H17NO3. The Morgan fingerprint density at radius 1 is 1.53 bits per heavy atom. The highest BCUT2D eigenvalue weighted by atomic mass is 16.4. The number of hydrogen-bond acceptors (Lipinski definition) is 3. The maximum Gasteiger partial charge on any atom is 0.328 e. The first-order valence-electron chi connectivity index (χ1n) is 5.62. The van der Waals surface area contributed by atoms with Gasteiger partial charge in [0.2, 0.25) is 0 Å². The molecule has 0 radical (unpaired) electrons. The summed E-state index contributed by atoms with van der Waals surface area (Å²) >= 11 is 0. The number of aryl methyl sites for hydroxylation is 1. The summed E-state index contributed by atoms with van der Waals surface area (Å²) in [5, 5.41) is 18.3. The fraction of sp³-hybridized carbons (Fsp3) is 0.385. The van der Waals surface area contributed by atoms with E-state index in [0.717, 1.165) is 18.4 Å². The number of hydrogen-bond donors (Lipinski definition) is 2. The molecular weight excluding hydrogens is 218 g/mol. The van der Waals surface area contributed by atoms with Gasteiger partial charge in [-0.05, 0) is 31.0 Å². The molecule has 17 heavy (non-hydrogen) atoms. The van der Waals surface area contributed by atoms with E-state index >= 15 is 0 Å². The van der Waals surface area contributed by atoms with Gasteiger partial charge in [-0.1, -0.05) is 19.4 Å². The maximum atomic E-state index is 10.6. The van der Waals surface area contributed by atoms with Crippen LogP contribution in [0.25, 0.3) is 0 Å². The number of aliphatic imine (C=N–C) groups is 1. The van der Waals surface area contributed by atoms with Crippen LogP contribution in [0.15, 0.2) is 23.2 Å². The Hall–Kier alpha value is -1.84. The largest absolute Gasteiger partial charge is 0.507 e. The Bertz CT molecular complexity index is 427. The van der Waals surface area contributed by atoms with E-state index in [4.69, 9.17) is 5.11 Å². The Labute approximate surface area is 101 Å². The van der Waals surface area contributed by atoms with E-state index in [-0.39, 0.29) is 5.75 Å². The van der Waals surface area contributed by atoms with E-state index in [1.807, 2.05) is 12.1 Å². The van der Waals surface area contributed by atoms with Crippen LogP contribution in [0.4, 0.5) is 0 Å². The normalized spacial score (nSPS) is 12.8. The predicted octanol–water partition coefficient (Wildman–Crippen LogP) is 2.24. The van der Waals surface area contributed by atoms with E-state index in [1.165, 1.54) is 13.1 Å². The standard InChI is InChI=1S/C13H17NO3/c1-3-4-10-5-6-12(15)11(7-10)8-14-9(2)13(16)17/h5-9,15H,3-4H2,1-2H3,(H,16,17). The van der Waals surface area contributed by atoms with Gasteiger partial charge in [0.1, 0.15) is 11.8 Å². The Kier molecular flexibility index (Phi) is 4.69. The number of aliphatic carboxylic acids is 1. The van der Waals surface area contributed by atoms with Crippen LogP contribution >= 0.6 is 0 Å². The molecule has 0 aromatic heterocycles. The smallest absolute Gasteiger partial charge is 0.328 e. The lowest BCUT2D eigenvalue weighted by molar-refractivity contribution is -0.137. The molecule has 0 saturated carbocycles. The van der Waals surface area contributed by atoms with Gasteiger partial charge in [0.15, 0.2) is 0 Å². The number of rotatable bonds is 5. The third kappa shape index (κ3) is 3.90. The van der Waals surface area contributed by atoms with Crippen LogP contribution < -0.4 is 0 Å². The molecule has 2 N–H and O–H groups in total. The SMILES string of the molecule is CCCc1ccc(O)c(C=NC(C)C(=O)O)c1. The van der Waals surface area contributed by atoms with Crippen molar-refractivity contribution in [3.05, 3.63) is 29.3 Å².